The average Bonchev–Trinajstić information content (AvgIpc) is 3.13. The van der Waals surface area contributed by atoms with Gasteiger partial charge in [0.1, 0.15) is 6.54 Å². The van der Waals surface area contributed by atoms with Gasteiger partial charge in [0.05, 0.1) is 0 Å². The van der Waals surface area contributed by atoms with E-state index in [1.165, 1.54) is 4.80 Å². The van der Waals surface area contributed by atoms with Gasteiger partial charge >= 0.3 is 0 Å². The van der Waals surface area contributed by atoms with E-state index in [1.54, 1.807) is 11.3 Å². The molecule has 2 aromatic heterocycles. The molecule has 0 saturated heterocycles. The second kappa shape index (κ2) is 8.48. The van der Waals surface area contributed by atoms with Crippen molar-refractivity contribution >= 4 is 17.2 Å². The van der Waals surface area contributed by atoms with Crippen LogP contribution in [0.5, 0.6) is 0 Å². The van der Waals surface area contributed by atoms with Crippen LogP contribution in [0, 0.1) is 0 Å². The summed E-state index contributed by atoms with van der Waals surface area (Å²) in [5.74, 6) is 0.416. The van der Waals surface area contributed by atoms with Crippen LogP contribution in [0.25, 0.3) is 11.4 Å². The predicted octanol–water partition coefficient (Wildman–Crippen LogP) is 1.07. The summed E-state index contributed by atoms with van der Waals surface area (Å²) in [6.07, 6.45) is 3.73. The summed E-state index contributed by atoms with van der Waals surface area (Å²) < 4.78 is 0. The molecule has 0 bridgehead atoms. The number of aliphatic hydroxyl groups excluding tert-OH is 1. The van der Waals surface area contributed by atoms with E-state index in [9.17, 15) is 4.79 Å². The van der Waals surface area contributed by atoms with E-state index >= 15 is 0 Å². The van der Waals surface area contributed by atoms with E-state index in [0.29, 0.717) is 12.4 Å². The molecule has 0 aliphatic heterocycles. The van der Waals surface area contributed by atoms with Gasteiger partial charge in [-0.05, 0) is 29.5 Å². The van der Waals surface area contributed by atoms with Crippen molar-refractivity contribution in [2.75, 3.05) is 13.2 Å². The zero-order valence-corrected chi connectivity index (χ0v) is 12.6. The largest absolute Gasteiger partial charge is 0.396 e. The molecule has 0 spiro atoms. The molecule has 0 atom stereocenters. The van der Waals surface area contributed by atoms with Crippen LogP contribution in [-0.4, -0.2) is 44.4 Å². The number of rotatable bonds is 9. The Balaban J connectivity index is 1.68. The Labute approximate surface area is 127 Å². The molecule has 2 heterocycles. The Morgan fingerprint density at radius 1 is 1.33 bits per heavy atom. The van der Waals surface area contributed by atoms with Gasteiger partial charge < -0.3 is 10.4 Å². The molecule has 0 aliphatic carbocycles. The lowest BCUT2D eigenvalue weighted by molar-refractivity contribution is -0.122. The molecule has 0 radical (unpaired) electrons. The fraction of sp³-hybridized carbons (Fsp3) is 0.538. The minimum atomic E-state index is -0.119. The van der Waals surface area contributed by atoms with Gasteiger partial charge in [-0.1, -0.05) is 12.8 Å². The van der Waals surface area contributed by atoms with Gasteiger partial charge in [-0.2, -0.15) is 16.1 Å². The van der Waals surface area contributed by atoms with Crippen molar-refractivity contribution in [1.29, 1.82) is 0 Å². The first-order valence-electron chi connectivity index (χ1n) is 6.97. The molecular formula is C13H19N5O2S. The SMILES string of the molecule is O=C(Cn1nnc(-c2ccsc2)n1)NCCCCCCO. The van der Waals surface area contributed by atoms with E-state index < -0.39 is 0 Å². The maximum atomic E-state index is 11.7. The lowest BCUT2D eigenvalue weighted by atomic mass is 10.2. The van der Waals surface area contributed by atoms with Crippen molar-refractivity contribution in [1.82, 2.24) is 25.5 Å². The van der Waals surface area contributed by atoms with Crippen molar-refractivity contribution in [3.05, 3.63) is 16.8 Å². The second-order valence-corrected chi connectivity index (χ2v) is 5.42. The molecule has 0 aliphatic rings. The first-order chi connectivity index (χ1) is 10.3. The van der Waals surface area contributed by atoms with Crippen LogP contribution < -0.4 is 5.32 Å². The van der Waals surface area contributed by atoms with E-state index in [0.717, 1.165) is 31.2 Å². The zero-order chi connectivity index (χ0) is 14.9. The number of carbonyl (C=O) groups excluding carboxylic acids is 1. The summed E-state index contributed by atoms with van der Waals surface area (Å²) in [5.41, 5.74) is 0.913. The Bertz CT molecular complexity index is 541. The molecule has 0 saturated carbocycles. The van der Waals surface area contributed by atoms with Gasteiger partial charge in [-0.25, -0.2) is 0 Å². The van der Waals surface area contributed by atoms with Crippen LogP contribution in [0.1, 0.15) is 25.7 Å². The lowest BCUT2D eigenvalue weighted by Crippen LogP contribution is -2.29. The number of unbranched alkanes of at least 4 members (excludes halogenated alkanes) is 3. The molecule has 2 N–H and O–H groups in total. The molecule has 7 nitrogen and oxygen atoms in total. The number of hydrogen-bond donors (Lipinski definition) is 2. The van der Waals surface area contributed by atoms with Crippen LogP contribution in [0.3, 0.4) is 0 Å². The Morgan fingerprint density at radius 3 is 2.95 bits per heavy atom. The third-order valence-electron chi connectivity index (χ3n) is 2.92. The van der Waals surface area contributed by atoms with Gasteiger partial charge in [0, 0.05) is 24.1 Å². The average molecular weight is 309 g/mol. The molecule has 1 amide bonds. The monoisotopic (exact) mass is 309 g/mol. The number of thiophene rings is 1. The van der Waals surface area contributed by atoms with Crippen molar-refractivity contribution < 1.29 is 9.90 Å². The van der Waals surface area contributed by atoms with Crippen molar-refractivity contribution in [2.45, 2.75) is 32.2 Å². The Hall–Kier alpha value is -1.80. The predicted molar refractivity (Wildman–Crippen MR) is 79.7 cm³/mol. The maximum Gasteiger partial charge on any atom is 0.243 e. The first kappa shape index (κ1) is 15.6. The molecule has 0 fully saturated rings. The fourth-order valence-corrected chi connectivity index (χ4v) is 2.45. The Morgan fingerprint density at radius 2 is 2.19 bits per heavy atom. The van der Waals surface area contributed by atoms with Crippen LogP contribution in [0.4, 0.5) is 0 Å². The molecule has 0 aromatic carbocycles. The number of tetrazole rings is 1. The topological polar surface area (TPSA) is 92.9 Å². The molecule has 21 heavy (non-hydrogen) atoms. The van der Waals surface area contributed by atoms with E-state index in [2.05, 4.69) is 20.7 Å². The van der Waals surface area contributed by atoms with Crippen molar-refractivity contribution in [3.8, 4) is 11.4 Å². The molecule has 0 unspecified atom stereocenters. The molecular weight excluding hydrogens is 290 g/mol. The minimum absolute atomic E-state index is 0.0772. The quantitative estimate of drug-likeness (QED) is 0.676. The van der Waals surface area contributed by atoms with Crippen molar-refractivity contribution in [2.24, 2.45) is 0 Å². The molecule has 2 rings (SSSR count). The number of nitrogens with zero attached hydrogens (tertiary/aromatic N) is 4. The fourth-order valence-electron chi connectivity index (χ4n) is 1.82. The van der Waals surface area contributed by atoms with E-state index in [1.807, 2.05) is 16.8 Å². The summed E-state index contributed by atoms with van der Waals surface area (Å²) in [7, 11) is 0. The Kier molecular flexibility index (Phi) is 6.29. The molecule has 114 valence electrons. The number of amides is 1. The van der Waals surface area contributed by atoms with Gasteiger partial charge in [0.2, 0.25) is 11.7 Å². The third kappa shape index (κ3) is 5.24. The van der Waals surface area contributed by atoms with Crippen LogP contribution in [0.15, 0.2) is 16.8 Å². The van der Waals surface area contributed by atoms with Gasteiger partial charge in [0.15, 0.2) is 0 Å². The smallest absolute Gasteiger partial charge is 0.243 e. The minimum Gasteiger partial charge on any atom is -0.396 e. The summed E-state index contributed by atoms with van der Waals surface area (Å²) in [4.78, 5) is 13.0. The first-order valence-corrected chi connectivity index (χ1v) is 7.92. The van der Waals surface area contributed by atoms with Crippen molar-refractivity contribution in [3.63, 3.8) is 0 Å². The van der Waals surface area contributed by atoms with Gasteiger partial charge in [-0.3, -0.25) is 4.79 Å². The highest BCUT2D eigenvalue weighted by molar-refractivity contribution is 7.08. The number of aromatic nitrogens is 4. The highest BCUT2D eigenvalue weighted by Crippen LogP contribution is 2.16. The van der Waals surface area contributed by atoms with Gasteiger partial charge in [0.25, 0.3) is 0 Å². The normalized spacial score (nSPS) is 10.7. The van der Waals surface area contributed by atoms with Crippen LogP contribution in [0.2, 0.25) is 0 Å². The standard InChI is InChI=1S/C13H19N5O2S/c19-7-4-2-1-3-6-14-12(20)9-18-16-13(15-17-18)11-5-8-21-10-11/h5,8,10,19H,1-4,6-7,9H2,(H,14,20). The summed E-state index contributed by atoms with van der Waals surface area (Å²) in [5, 5.41) is 27.3. The zero-order valence-electron chi connectivity index (χ0n) is 11.7. The van der Waals surface area contributed by atoms with E-state index in [-0.39, 0.29) is 19.1 Å². The number of nitrogens with one attached hydrogen (secondary N) is 1. The number of carbonyl (C=O) groups is 1. The van der Waals surface area contributed by atoms with Crippen LogP contribution >= 0.6 is 11.3 Å². The summed E-state index contributed by atoms with van der Waals surface area (Å²) >= 11 is 1.56. The summed E-state index contributed by atoms with van der Waals surface area (Å²) in [6, 6.07) is 1.92. The van der Waals surface area contributed by atoms with Gasteiger partial charge in [-0.15, -0.1) is 10.2 Å². The van der Waals surface area contributed by atoms with Crippen LogP contribution in [-0.2, 0) is 11.3 Å². The summed E-state index contributed by atoms with van der Waals surface area (Å²) in [6.45, 7) is 0.945. The third-order valence-corrected chi connectivity index (χ3v) is 3.61. The number of hydrogen-bond acceptors (Lipinski definition) is 6. The lowest BCUT2D eigenvalue weighted by Gasteiger charge is -2.03. The van der Waals surface area contributed by atoms with E-state index in [4.69, 9.17) is 5.11 Å². The highest BCUT2D eigenvalue weighted by Gasteiger charge is 2.09. The highest BCUT2D eigenvalue weighted by atomic mass is 32.1. The second-order valence-electron chi connectivity index (χ2n) is 4.64. The maximum absolute atomic E-state index is 11.7. The molecule has 2 aromatic rings. The number of aliphatic hydroxyl groups is 1. The molecule has 8 heteroatoms.